The molecule has 0 saturated carbocycles. The molecule has 1 amide bonds. The van der Waals surface area contributed by atoms with Gasteiger partial charge in [0.15, 0.2) is 0 Å². The first-order valence-electron chi connectivity index (χ1n) is 5.57. The fourth-order valence-electron chi connectivity index (χ4n) is 1.37. The number of rotatable bonds is 6. The molecule has 5 nitrogen and oxygen atoms in total. The van der Waals surface area contributed by atoms with Crippen LogP contribution in [0.3, 0.4) is 0 Å². The fourth-order valence-corrected chi connectivity index (χ4v) is 1.60. The van der Waals surface area contributed by atoms with Crippen LogP contribution in [-0.2, 0) is 4.79 Å². The molecule has 3 N–H and O–H groups in total. The van der Waals surface area contributed by atoms with Crippen LogP contribution in [0.4, 0.5) is 5.69 Å². The van der Waals surface area contributed by atoms with Crippen LogP contribution in [0.5, 0.6) is 0 Å². The first-order chi connectivity index (χ1) is 8.52. The van der Waals surface area contributed by atoms with Gasteiger partial charge in [-0.15, -0.1) is 0 Å². The Bertz CT molecular complexity index is 449. The van der Waals surface area contributed by atoms with Crippen molar-refractivity contribution in [1.82, 2.24) is 5.32 Å². The Morgan fingerprint density at radius 2 is 2.06 bits per heavy atom. The maximum absolute atomic E-state index is 11.5. The van der Waals surface area contributed by atoms with Crippen molar-refractivity contribution < 1.29 is 14.7 Å². The maximum Gasteiger partial charge on any atom is 0.335 e. The quantitative estimate of drug-likeness (QED) is 0.691. The Kier molecular flexibility index (Phi) is 5.61. The van der Waals surface area contributed by atoms with Crippen molar-refractivity contribution in [2.24, 2.45) is 0 Å². The fraction of sp³-hybridized carbons (Fsp3) is 0.333. The summed E-state index contributed by atoms with van der Waals surface area (Å²) in [6, 6.07) is 4.20. The minimum absolute atomic E-state index is 0.0410. The van der Waals surface area contributed by atoms with Gasteiger partial charge in [0.2, 0.25) is 5.91 Å². The van der Waals surface area contributed by atoms with Crippen molar-refractivity contribution in [2.75, 3.05) is 18.4 Å². The van der Waals surface area contributed by atoms with Crippen LogP contribution >= 0.6 is 11.6 Å². The number of aromatic carboxylic acids is 1. The number of hydrogen-bond acceptors (Lipinski definition) is 3. The molecule has 0 radical (unpaired) electrons. The molecule has 0 fully saturated rings. The maximum atomic E-state index is 11.5. The first-order valence-corrected chi connectivity index (χ1v) is 5.95. The third kappa shape index (κ3) is 4.73. The highest BCUT2D eigenvalue weighted by Gasteiger charge is 2.08. The van der Waals surface area contributed by atoms with Crippen molar-refractivity contribution in [2.45, 2.75) is 13.3 Å². The van der Waals surface area contributed by atoms with Crippen molar-refractivity contribution in [3.05, 3.63) is 28.8 Å². The normalized spacial score (nSPS) is 10.1. The highest BCUT2D eigenvalue weighted by molar-refractivity contribution is 6.31. The van der Waals surface area contributed by atoms with E-state index in [1.807, 2.05) is 6.92 Å². The zero-order chi connectivity index (χ0) is 13.5. The van der Waals surface area contributed by atoms with Crippen molar-refractivity contribution in [3.63, 3.8) is 0 Å². The minimum atomic E-state index is -1.09. The lowest BCUT2D eigenvalue weighted by molar-refractivity contribution is -0.115. The van der Waals surface area contributed by atoms with E-state index in [9.17, 15) is 9.59 Å². The Balaban J connectivity index is 2.66. The summed E-state index contributed by atoms with van der Waals surface area (Å²) in [5.74, 6) is -1.32. The number of carboxylic acids is 1. The summed E-state index contributed by atoms with van der Waals surface area (Å²) in [7, 11) is 0. The summed E-state index contributed by atoms with van der Waals surface area (Å²) in [5, 5.41) is 14.7. The Labute approximate surface area is 110 Å². The number of amides is 1. The summed E-state index contributed by atoms with van der Waals surface area (Å²) >= 11 is 5.77. The van der Waals surface area contributed by atoms with Crippen LogP contribution in [0, 0.1) is 0 Å². The molecule has 0 aliphatic carbocycles. The number of carbonyl (C=O) groups excluding carboxylic acids is 1. The molecule has 6 heteroatoms. The number of anilines is 1. The van der Waals surface area contributed by atoms with E-state index in [-0.39, 0.29) is 23.0 Å². The lowest BCUT2D eigenvalue weighted by atomic mass is 10.2. The van der Waals surface area contributed by atoms with Crippen LogP contribution in [0.1, 0.15) is 23.7 Å². The lowest BCUT2D eigenvalue weighted by Crippen LogP contribution is -2.28. The first kappa shape index (κ1) is 14.5. The lowest BCUT2D eigenvalue weighted by Gasteiger charge is -2.07. The second kappa shape index (κ2) is 6.98. The number of halogens is 1. The second-order valence-corrected chi connectivity index (χ2v) is 4.20. The molecule has 0 aromatic heterocycles. The predicted octanol–water partition coefficient (Wildman–Crippen LogP) is 1.98. The monoisotopic (exact) mass is 270 g/mol. The molecule has 1 aromatic carbocycles. The van der Waals surface area contributed by atoms with E-state index in [0.29, 0.717) is 5.69 Å². The van der Waals surface area contributed by atoms with Crippen molar-refractivity contribution in [3.8, 4) is 0 Å². The SMILES string of the molecule is CCCNCC(=O)Nc1cc(Cl)cc(C(=O)O)c1. The largest absolute Gasteiger partial charge is 0.478 e. The van der Waals surface area contributed by atoms with Gasteiger partial charge in [0.1, 0.15) is 0 Å². The van der Waals surface area contributed by atoms with E-state index in [4.69, 9.17) is 16.7 Å². The van der Waals surface area contributed by atoms with E-state index in [1.54, 1.807) is 0 Å². The van der Waals surface area contributed by atoms with Gasteiger partial charge in [-0.3, -0.25) is 4.79 Å². The highest BCUT2D eigenvalue weighted by Crippen LogP contribution is 2.19. The molecule has 0 atom stereocenters. The van der Waals surface area contributed by atoms with Gasteiger partial charge in [0.05, 0.1) is 12.1 Å². The summed E-state index contributed by atoms with van der Waals surface area (Å²) in [5.41, 5.74) is 0.419. The molecule has 1 rings (SSSR count). The van der Waals surface area contributed by atoms with Gasteiger partial charge in [-0.05, 0) is 31.2 Å². The molecular formula is C12H15ClN2O3. The van der Waals surface area contributed by atoms with Gasteiger partial charge in [-0.25, -0.2) is 4.79 Å². The smallest absolute Gasteiger partial charge is 0.335 e. The van der Waals surface area contributed by atoms with E-state index in [1.165, 1.54) is 18.2 Å². The summed E-state index contributed by atoms with van der Waals surface area (Å²) in [6.45, 7) is 2.94. The minimum Gasteiger partial charge on any atom is -0.478 e. The molecule has 0 heterocycles. The molecule has 0 unspecified atom stereocenters. The van der Waals surface area contributed by atoms with Crippen LogP contribution < -0.4 is 10.6 Å². The van der Waals surface area contributed by atoms with Crippen LogP contribution in [0.2, 0.25) is 5.02 Å². The number of benzene rings is 1. The Hall–Kier alpha value is -1.59. The number of carbonyl (C=O) groups is 2. The second-order valence-electron chi connectivity index (χ2n) is 3.76. The molecular weight excluding hydrogens is 256 g/mol. The molecule has 0 bridgehead atoms. The van der Waals surface area contributed by atoms with Gasteiger partial charge >= 0.3 is 5.97 Å². The van der Waals surface area contributed by atoms with Crippen molar-refractivity contribution in [1.29, 1.82) is 0 Å². The Morgan fingerprint density at radius 1 is 1.33 bits per heavy atom. The van der Waals surface area contributed by atoms with Crippen LogP contribution in [0.15, 0.2) is 18.2 Å². The molecule has 0 spiro atoms. The zero-order valence-electron chi connectivity index (χ0n) is 10.00. The van der Waals surface area contributed by atoms with Crippen LogP contribution in [-0.4, -0.2) is 30.1 Å². The van der Waals surface area contributed by atoms with E-state index < -0.39 is 5.97 Å². The topological polar surface area (TPSA) is 78.4 Å². The van der Waals surface area contributed by atoms with Gasteiger partial charge in [0, 0.05) is 10.7 Å². The molecule has 18 heavy (non-hydrogen) atoms. The third-order valence-corrected chi connectivity index (χ3v) is 2.36. The van der Waals surface area contributed by atoms with Gasteiger partial charge in [0.25, 0.3) is 0 Å². The van der Waals surface area contributed by atoms with E-state index >= 15 is 0 Å². The molecule has 0 saturated heterocycles. The number of hydrogen-bond donors (Lipinski definition) is 3. The zero-order valence-corrected chi connectivity index (χ0v) is 10.8. The Morgan fingerprint density at radius 3 is 2.67 bits per heavy atom. The third-order valence-electron chi connectivity index (χ3n) is 2.14. The predicted molar refractivity (Wildman–Crippen MR) is 70.2 cm³/mol. The van der Waals surface area contributed by atoms with Crippen LogP contribution in [0.25, 0.3) is 0 Å². The van der Waals surface area contributed by atoms with E-state index in [2.05, 4.69) is 10.6 Å². The number of nitrogens with one attached hydrogen (secondary N) is 2. The summed E-state index contributed by atoms with van der Waals surface area (Å²) < 4.78 is 0. The van der Waals surface area contributed by atoms with Gasteiger partial charge in [-0.1, -0.05) is 18.5 Å². The summed E-state index contributed by atoms with van der Waals surface area (Å²) in [4.78, 5) is 22.3. The average Bonchev–Trinajstić information content (AvgIpc) is 2.28. The highest BCUT2D eigenvalue weighted by atomic mass is 35.5. The van der Waals surface area contributed by atoms with Crippen molar-refractivity contribution >= 4 is 29.2 Å². The molecule has 0 aliphatic rings. The standard InChI is InChI=1S/C12H15ClN2O3/c1-2-3-14-7-11(16)15-10-5-8(12(17)18)4-9(13)6-10/h4-6,14H,2-3,7H2,1H3,(H,15,16)(H,17,18). The van der Waals surface area contributed by atoms with Gasteiger partial charge < -0.3 is 15.7 Å². The molecule has 0 aliphatic heterocycles. The summed E-state index contributed by atoms with van der Waals surface area (Å²) in [6.07, 6.45) is 0.938. The van der Waals surface area contributed by atoms with Gasteiger partial charge in [-0.2, -0.15) is 0 Å². The number of carboxylic acid groups (broad SMARTS) is 1. The van der Waals surface area contributed by atoms with E-state index in [0.717, 1.165) is 13.0 Å². The molecule has 98 valence electrons. The average molecular weight is 271 g/mol. The molecule has 1 aromatic rings.